The Hall–Kier alpha value is -2.11. The van der Waals surface area contributed by atoms with Crippen molar-refractivity contribution in [2.75, 3.05) is 13.2 Å². The van der Waals surface area contributed by atoms with Crippen molar-refractivity contribution >= 4 is 17.9 Å². The van der Waals surface area contributed by atoms with E-state index >= 15 is 0 Å². The van der Waals surface area contributed by atoms with Crippen LogP contribution in [-0.2, 0) is 28.6 Å². The molecule has 0 radical (unpaired) electrons. The minimum atomic E-state index is -0.768. The molecule has 69 heavy (non-hydrogen) atoms. The minimum Gasteiger partial charge on any atom is -0.462 e. The molecule has 1 unspecified atom stereocenters. The van der Waals surface area contributed by atoms with Crippen molar-refractivity contribution in [1.82, 2.24) is 0 Å². The van der Waals surface area contributed by atoms with Gasteiger partial charge in [-0.2, -0.15) is 0 Å². The van der Waals surface area contributed by atoms with Gasteiger partial charge in [0, 0.05) is 19.3 Å². The van der Waals surface area contributed by atoms with Crippen LogP contribution < -0.4 is 0 Å². The standard InChI is InChI=1S/C63H118O6/c1-4-7-10-13-16-19-22-24-26-28-30-31-33-34-36-38-41-44-47-50-53-56-62(65)68-59-60(58-67-61(64)55-52-49-46-43-40-21-18-15-12-9-6-3)69-63(66)57-54-51-48-45-42-39-37-35-32-29-27-25-23-20-17-14-11-8-5-2/h22,24,28,30,60H,4-21,23,25-27,29,31-59H2,1-3H3/b24-22-,30-28-. The summed E-state index contributed by atoms with van der Waals surface area (Å²) >= 11 is 0. The van der Waals surface area contributed by atoms with Crippen molar-refractivity contribution in [2.45, 2.75) is 348 Å². The van der Waals surface area contributed by atoms with Crippen molar-refractivity contribution in [1.29, 1.82) is 0 Å². The van der Waals surface area contributed by atoms with Crippen LogP contribution in [0.4, 0.5) is 0 Å². The highest BCUT2D eigenvalue weighted by Crippen LogP contribution is 2.17. The van der Waals surface area contributed by atoms with Crippen LogP contribution in [-0.4, -0.2) is 37.2 Å². The van der Waals surface area contributed by atoms with Gasteiger partial charge >= 0.3 is 17.9 Å². The first-order chi connectivity index (χ1) is 34.0. The molecule has 0 aliphatic heterocycles. The van der Waals surface area contributed by atoms with Gasteiger partial charge in [-0.05, 0) is 51.4 Å². The second-order valence-corrected chi connectivity index (χ2v) is 21.0. The Morgan fingerprint density at radius 3 is 0.797 bits per heavy atom. The normalized spacial score (nSPS) is 12.1. The number of rotatable bonds is 57. The molecule has 0 aromatic heterocycles. The van der Waals surface area contributed by atoms with Crippen molar-refractivity contribution in [3.63, 3.8) is 0 Å². The van der Waals surface area contributed by atoms with Crippen LogP contribution in [0.2, 0.25) is 0 Å². The first-order valence-corrected chi connectivity index (χ1v) is 30.8. The lowest BCUT2D eigenvalue weighted by atomic mass is 10.0. The minimum absolute atomic E-state index is 0.0667. The van der Waals surface area contributed by atoms with E-state index < -0.39 is 6.10 Å². The van der Waals surface area contributed by atoms with Gasteiger partial charge in [-0.25, -0.2) is 0 Å². The maximum atomic E-state index is 12.9. The summed E-state index contributed by atoms with van der Waals surface area (Å²) in [4.78, 5) is 38.2. The number of hydrogen-bond donors (Lipinski definition) is 0. The van der Waals surface area contributed by atoms with Crippen LogP contribution in [0, 0.1) is 0 Å². The van der Waals surface area contributed by atoms with Gasteiger partial charge in [-0.3, -0.25) is 14.4 Å². The second-order valence-electron chi connectivity index (χ2n) is 21.0. The SMILES string of the molecule is CCCCCCC/C=C\C/C=C\CCCCCCCCCCCC(=O)OCC(COC(=O)CCCCCCCCCCCCC)OC(=O)CCCCCCCCCCCCCCCCCCCCC. The Kier molecular flexibility index (Phi) is 56.7. The average Bonchev–Trinajstić information content (AvgIpc) is 3.35. The van der Waals surface area contributed by atoms with Gasteiger partial charge in [0.15, 0.2) is 6.10 Å². The molecule has 0 spiro atoms. The van der Waals surface area contributed by atoms with E-state index in [0.29, 0.717) is 19.3 Å². The lowest BCUT2D eigenvalue weighted by Crippen LogP contribution is -2.30. The zero-order valence-electron chi connectivity index (χ0n) is 46.6. The average molecular weight is 972 g/mol. The molecule has 1 atom stereocenters. The van der Waals surface area contributed by atoms with Gasteiger partial charge in [0.25, 0.3) is 0 Å². The van der Waals surface area contributed by atoms with E-state index in [0.717, 1.165) is 64.2 Å². The van der Waals surface area contributed by atoms with Gasteiger partial charge < -0.3 is 14.2 Å². The van der Waals surface area contributed by atoms with Crippen LogP contribution in [0.25, 0.3) is 0 Å². The molecule has 0 amide bonds. The summed E-state index contributed by atoms with van der Waals surface area (Å²) in [7, 11) is 0. The van der Waals surface area contributed by atoms with Gasteiger partial charge in [-0.1, -0.05) is 295 Å². The van der Waals surface area contributed by atoms with E-state index in [1.54, 1.807) is 0 Å². The summed E-state index contributed by atoms with van der Waals surface area (Å²) in [5, 5.41) is 0. The topological polar surface area (TPSA) is 78.9 Å². The smallest absolute Gasteiger partial charge is 0.306 e. The van der Waals surface area contributed by atoms with Crippen LogP contribution in [0.3, 0.4) is 0 Å². The molecule has 0 rings (SSSR count). The first kappa shape index (κ1) is 66.9. The number of allylic oxidation sites excluding steroid dienone is 4. The molecule has 0 aliphatic rings. The fourth-order valence-corrected chi connectivity index (χ4v) is 9.30. The highest BCUT2D eigenvalue weighted by Gasteiger charge is 2.19. The molecular weight excluding hydrogens is 853 g/mol. The molecule has 6 heteroatoms. The van der Waals surface area contributed by atoms with Crippen LogP contribution in [0.1, 0.15) is 342 Å². The van der Waals surface area contributed by atoms with Crippen molar-refractivity contribution in [3.05, 3.63) is 24.3 Å². The number of hydrogen-bond acceptors (Lipinski definition) is 6. The predicted octanol–water partition coefficient (Wildman–Crippen LogP) is 20.7. The Bertz CT molecular complexity index is 1110. The third kappa shape index (κ3) is 56.7. The van der Waals surface area contributed by atoms with E-state index in [1.165, 1.54) is 238 Å². The monoisotopic (exact) mass is 971 g/mol. The number of unbranched alkanes of at least 4 members (excludes halogenated alkanes) is 42. The number of carbonyl (C=O) groups is 3. The number of carbonyl (C=O) groups excluding carboxylic acids is 3. The summed E-state index contributed by atoms with van der Waals surface area (Å²) < 4.78 is 16.9. The lowest BCUT2D eigenvalue weighted by molar-refractivity contribution is -0.167. The number of ether oxygens (including phenoxy) is 3. The molecule has 0 N–H and O–H groups in total. The zero-order valence-corrected chi connectivity index (χ0v) is 46.6. The summed E-state index contributed by atoms with van der Waals surface area (Å²) in [6.07, 6.45) is 68.9. The summed E-state index contributed by atoms with van der Waals surface area (Å²) in [6.45, 7) is 6.68. The quantitative estimate of drug-likeness (QED) is 0.0261. The molecule has 406 valence electrons. The van der Waals surface area contributed by atoms with Crippen molar-refractivity contribution < 1.29 is 28.6 Å². The number of esters is 3. The Labute approximate surface area is 430 Å². The maximum Gasteiger partial charge on any atom is 0.306 e. The molecule has 0 aliphatic carbocycles. The van der Waals surface area contributed by atoms with Crippen molar-refractivity contribution in [3.8, 4) is 0 Å². The van der Waals surface area contributed by atoms with Crippen LogP contribution >= 0.6 is 0 Å². The molecular formula is C63H118O6. The Morgan fingerprint density at radius 1 is 0.290 bits per heavy atom. The van der Waals surface area contributed by atoms with Crippen molar-refractivity contribution in [2.24, 2.45) is 0 Å². The Morgan fingerprint density at radius 2 is 0.522 bits per heavy atom. The molecule has 0 heterocycles. The fourth-order valence-electron chi connectivity index (χ4n) is 9.30. The largest absolute Gasteiger partial charge is 0.462 e. The van der Waals surface area contributed by atoms with E-state index in [2.05, 4.69) is 45.1 Å². The summed E-state index contributed by atoms with van der Waals surface area (Å²) in [5.41, 5.74) is 0. The van der Waals surface area contributed by atoms with Crippen LogP contribution in [0.5, 0.6) is 0 Å². The van der Waals surface area contributed by atoms with E-state index in [4.69, 9.17) is 14.2 Å². The summed E-state index contributed by atoms with van der Waals surface area (Å²) in [6, 6.07) is 0. The Balaban J connectivity index is 4.26. The lowest BCUT2D eigenvalue weighted by Gasteiger charge is -2.18. The maximum absolute atomic E-state index is 12.9. The highest BCUT2D eigenvalue weighted by molar-refractivity contribution is 5.71. The first-order valence-electron chi connectivity index (χ1n) is 30.8. The van der Waals surface area contributed by atoms with E-state index in [9.17, 15) is 14.4 Å². The van der Waals surface area contributed by atoms with Crippen LogP contribution in [0.15, 0.2) is 24.3 Å². The van der Waals surface area contributed by atoms with Gasteiger partial charge in [0.2, 0.25) is 0 Å². The molecule has 0 bridgehead atoms. The third-order valence-corrected chi connectivity index (χ3v) is 14.0. The molecule has 0 saturated heterocycles. The summed E-state index contributed by atoms with van der Waals surface area (Å²) in [5.74, 6) is -0.847. The molecule has 0 fully saturated rings. The molecule has 6 nitrogen and oxygen atoms in total. The predicted molar refractivity (Wildman–Crippen MR) is 298 cm³/mol. The van der Waals surface area contributed by atoms with Gasteiger partial charge in [-0.15, -0.1) is 0 Å². The highest BCUT2D eigenvalue weighted by atomic mass is 16.6. The zero-order chi connectivity index (χ0) is 50.0. The van der Waals surface area contributed by atoms with Gasteiger partial charge in [0.1, 0.15) is 13.2 Å². The van der Waals surface area contributed by atoms with E-state index in [-0.39, 0.29) is 31.1 Å². The molecule has 0 saturated carbocycles. The van der Waals surface area contributed by atoms with E-state index in [1.807, 2.05) is 0 Å². The third-order valence-electron chi connectivity index (χ3n) is 14.0. The molecule has 0 aromatic carbocycles. The fraction of sp³-hybridized carbons (Fsp3) is 0.889. The second kappa shape index (κ2) is 58.5. The van der Waals surface area contributed by atoms with Gasteiger partial charge in [0.05, 0.1) is 0 Å². The molecule has 0 aromatic rings.